The fraction of sp³-hybridized carbons (Fsp3) is 0.167. The zero-order valence-corrected chi connectivity index (χ0v) is 11.4. The van der Waals surface area contributed by atoms with Crippen LogP contribution in [0.5, 0.6) is 5.75 Å². The lowest BCUT2D eigenvalue weighted by Gasteiger charge is -2.24. The Balaban J connectivity index is 2.46. The van der Waals surface area contributed by atoms with Crippen molar-refractivity contribution in [1.29, 1.82) is 0 Å². The molecule has 0 spiro atoms. The van der Waals surface area contributed by atoms with E-state index in [-0.39, 0.29) is 5.75 Å². The van der Waals surface area contributed by atoms with Crippen LogP contribution in [0.4, 0.5) is 8.78 Å². The van der Waals surface area contributed by atoms with Gasteiger partial charge in [-0.15, -0.1) is 0 Å². The summed E-state index contributed by atoms with van der Waals surface area (Å²) < 4.78 is 55.5. The molecule has 0 bridgehead atoms. The van der Waals surface area contributed by atoms with Crippen molar-refractivity contribution in [2.75, 3.05) is 0 Å². The summed E-state index contributed by atoms with van der Waals surface area (Å²) in [4.78, 5) is 7.24. The highest BCUT2D eigenvalue weighted by Crippen LogP contribution is 2.36. The summed E-state index contributed by atoms with van der Waals surface area (Å²) in [7, 11) is -5.21. The van der Waals surface area contributed by atoms with Gasteiger partial charge in [0, 0.05) is 12.4 Å². The number of aromatic nitrogens is 2. The molecule has 0 aliphatic rings. The number of rotatable bonds is 5. The Morgan fingerprint density at radius 3 is 2.19 bits per heavy atom. The predicted octanol–water partition coefficient (Wildman–Crippen LogP) is 1.48. The number of hydrogen-bond acceptors (Lipinski definition) is 5. The number of nitrogens with two attached hydrogens (primary N) is 1. The SMILES string of the molecule is NS(=O)(=O)C(F)(F)C(Oc1ccccc1)c1ncccn1. The van der Waals surface area contributed by atoms with Crippen LogP contribution in [0.25, 0.3) is 0 Å². The van der Waals surface area contributed by atoms with Crippen molar-refractivity contribution in [3.63, 3.8) is 0 Å². The molecule has 9 heteroatoms. The molecule has 2 N–H and O–H groups in total. The first-order valence-electron chi connectivity index (χ1n) is 5.71. The lowest BCUT2D eigenvalue weighted by Crippen LogP contribution is -2.43. The molecule has 0 amide bonds. The zero-order chi connectivity index (χ0) is 15.5. The largest absolute Gasteiger partial charge is 0.475 e. The molecule has 1 aromatic carbocycles. The summed E-state index contributed by atoms with van der Waals surface area (Å²) >= 11 is 0. The Bertz CT molecular complexity index is 696. The third-order valence-electron chi connectivity index (χ3n) is 2.50. The van der Waals surface area contributed by atoms with Crippen LogP contribution in [0.15, 0.2) is 48.8 Å². The summed E-state index contributed by atoms with van der Waals surface area (Å²) in [5.41, 5.74) is 0. The smallest absolute Gasteiger partial charge is 0.401 e. The number of nitrogens with zero attached hydrogens (tertiary/aromatic N) is 2. The van der Waals surface area contributed by atoms with Gasteiger partial charge in [-0.05, 0) is 18.2 Å². The quantitative estimate of drug-likeness (QED) is 0.901. The Hall–Kier alpha value is -2.13. The number of benzene rings is 1. The van der Waals surface area contributed by atoms with Crippen LogP contribution in [0.3, 0.4) is 0 Å². The normalized spacial score (nSPS) is 13.7. The van der Waals surface area contributed by atoms with Crippen molar-refractivity contribution in [3.8, 4) is 5.75 Å². The predicted molar refractivity (Wildman–Crippen MR) is 69.9 cm³/mol. The van der Waals surface area contributed by atoms with Gasteiger partial charge in [-0.1, -0.05) is 18.2 Å². The number of ether oxygens (including phenoxy) is 1. The summed E-state index contributed by atoms with van der Waals surface area (Å²) in [5.74, 6) is -0.446. The Labute approximate surface area is 119 Å². The van der Waals surface area contributed by atoms with Gasteiger partial charge in [-0.3, -0.25) is 0 Å². The zero-order valence-electron chi connectivity index (χ0n) is 10.6. The molecule has 1 unspecified atom stereocenters. The Kier molecular flexibility index (Phi) is 4.14. The molecule has 0 saturated carbocycles. The van der Waals surface area contributed by atoms with Crippen LogP contribution in [0.1, 0.15) is 11.9 Å². The van der Waals surface area contributed by atoms with E-state index in [1.807, 2.05) is 0 Å². The minimum Gasteiger partial charge on any atom is -0.475 e. The van der Waals surface area contributed by atoms with Gasteiger partial charge < -0.3 is 4.74 Å². The van der Waals surface area contributed by atoms with Gasteiger partial charge in [-0.25, -0.2) is 23.5 Å². The summed E-state index contributed by atoms with van der Waals surface area (Å²) in [5, 5.41) is 0.207. The first kappa shape index (κ1) is 15.3. The maximum absolute atomic E-state index is 14.0. The average Bonchev–Trinajstić information content (AvgIpc) is 2.45. The molecular formula is C12H11F2N3O3S. The standard InChI is InChI=1S/C12H11F2N3O3S/c13-12(14,21(15,18)19)10(11-16-7-4-8-17-11)20-9-5-2-1-3-6-9/h1-8,10H,(H2,15,18,19). The number of alkyl halides is 2. The van der Waals surface area contributed by atoms with E-state index in [9.17, 15) is 17.2 Å². The van der Waals surface area contributed by atoms with Gasteiger partial charge in [0.15, 0.2) is 5.82 Å². The van der Waals surface area contributed by atoms with Crippen LogP contribution in [-0.2, 0) is 10.0 Å². The van der Waals surface area contributed by atoms with Crippen molar-refractivity contribution in [2.45, 2.75) is 11.4 Å². The lowest BCUT2D eigenvalue weighted by molar-refractivity contribution is -0.0332. The number of hydrogen-bond donors (Lipinski definition) is 1. The molecular weight excluding hydrogens is 304 g/mol. The highest BCUT2D eigenvalue weighted by atomic mass is 32.2. The second kappa shape index (κ2) is 5.70. The first-order chi connectivity index (χ1) is 9.82. The van der Waals surface area contributed by atoms with E-state index in [1.165, 1.54) is 30.6 Å². The van der Waals surface area contributed by atoms with Gasteiger partial charge in [0.1, 0.15) is 5.75 Å². The second-order valence-electron chi connectivity index (χ2n) is 4.02. The van der Waals surface area contributed by atoms with E-state index in [0.29, 0.717) is 0 Å². The van der Waals surface area contributed by atoms with E-state index in [1.54, 1.807) is 18.2 Å². The highest BCUT2D eigenvalue weighted by molar-refractivity contribution is 7.90. The van der Waals surface area contributed by atoms with Gasteiger partial charge in [-0.2, -0.15) is 8.78 Å². The monoisotopic (exact) mass is 315 g/mol. The maximum Gasteiger partial charge on any atom is 0.401 e. The molecule has 6 nitrogen and oxygen atoms in total. The molecule has 0 radical (unpaired) electrons. The summed E-state index contributed by atoms with van der Waals surface area (Å²) in [6.45, 7) is 0. The fourth-order valence-electron chi connectivity index (χ4n) is 1.50. The summed E-state index contributed by atoms with van der Waals surface area (Å²) in [6.07, 6.45) is 0.141. The molecule has 0 fully saturated rings. The molecule has 0 saturated heterocycles. The van der Waals surface area contributed by atoms with Gasteiger partial charge in [0.25, 0.3) is 10.0 Å². The van der Waals surface area contributed by atoms with Gasteiger partial charge in [0.05, 0.1) is 0 Å². The molecule has 1 heterocycles. The molecule has 0 aliphatic heterocycles. The van der Waals surface area contributed by atoms with Gasteiger partial charge >= 0.3 is 5.25 Å². The van der Waals surface area contributed by atoms with Gasteiger partial charge in [0.2, 0.25) is 6.10 Å². The molecule has 0 aliphatic carbocycles. The number of para-hydroxylation sites is 1. The third-order valence-corrected chi connectivity index (χ3v) is 3.47. The van der Waals surface area contributed by atoms with Crippen molar-refractivity contribution >= 4 is 10.0 Å². The summed E-state index contributed by atoms with van der Waals surface area (Å²) in [6, 6.07) is 8.95. The fourth-order valence-corrected chi connectivity index (χ4v) is 1.95. The minimum atomic E-state index is -5.21. The highest BCUT2D eigenvalue weighted by Gasteiger charge is 2.54. The Morgan fingerprint density at radius 1 is 1.10 bits per heavy atom. The second-order valence-corrected chi connectivity index (χ2v) is 5.66. The van der Waals surface area contributed by atoms with Crippen LogP contribution in [-0.4, -0.2) is 23.6 Å². The average molecular weight is 315 g/mol. The molecule has 21 heavy (non-hydrogen) atoms. The van der Waals surface area contributed by atoms with E-state index in [2.05, 4.69) is 15.1 Å². The number of sulfonamides is 1. The number of halogens is 2. The van der Waals surface area contributed by atoms with Crippen LogP contribution >= 0.6 is 0 Å². The molecule has 2 aromatic rings. The first-order valence-corrected chi connectivity index (χ1v) is 7.26. The van der Waals surface area contributed by atoms with Crippen molar-refractivity contribution in [2.24, 2.45) is 5.14 Å². The molecule has 112 valence electrons. The van der Waals surface area contributed by atoms with E-state index < -0.39 is 27.2 Å². The van der Waals surface area contributed by atoms with E-state index in [4.69, 9.17) is 4.74 Å². The van der Waals surface area contributed by atoms with Crippen molar-refractivity contribution in [3.05, 3.63) is 54.6 Å². The number of primary sulfonamides is 1. The topological polar surface area (TPSA) is 95.2 Å². The maximum atomic E-state index is 14.0. The molecule has 2 rings (SSSR count). The lowest BCUT2D eigenvalue weighted by atomic mass is 10.3. The van der Waals surface area contributed by atoms with Crippen LogP contribution in [0.2, 0.25) is 0 Å². The van der Waals surface area contributed by atoms with E-state index in [0.717, 1.165) is 0 Å². The van der Waals surface area contributed by atoms with Crippen molar-refractivity contribution in [1.82, 2.24) is 9.97 Å². The van der Waals surface area contributed by atoms with Crippen LogP contribution < -0.4 is 9.88 Å². The van der Waals surface area contributed by atoms with E-state index >= 15 is 0 Å². The molecule has 1 aromatic heterocycles. The molecule has 1 atom stereocenters. The minimum absolute atomic E-state index is 0.0401. The van der Waals surface area contributed by atoms with Crippen LogP contribution in [0, 0.1) is 0 Å². The van der Waals surface area contributed by atoms with Crippen molar-refractivity contribution < 1.29 is 21.9 Å². The Morgan fingerprint density at radius 2 is 1.67 bits per heavy atom. The third kappa shape index (κ3) is 3.31.